The fourth-order valence-corrected chi connectivity index (χ4v) is 3.49. The highest BCUT2D eigenvalue weighted by Gasteiger charge is 2.37. The molecule has 5 nitrogen and oxygen atoms in total. The molecule has 0 spiro atoms. The van der Waals surface area contributed by atoms with Gasteiger partial charge >= 0.3 is 0 Å². The molecule has 3 N–H and O–H groups in total. The van der Waals surface area contributed by atoms with Crippen LogP contribution in [0.5, 0.6) is 11.5 Å². The Hall–Kier alpha value is -1.75. The molecule has 0 radical (unpaired) electrons. The summed E-state index contributed by atoms with van der Waals surface area (Å²) in [7, 11) is 0. The molecule has 1 fully saturated rings. The second-order valence-electron chi connectivity index (χ2n) is 6.99. The number of carbonyl (C=O) groups excluding carboxylic acids is 1. The zero-order valence-electron chi connectivity index (χ0n) is 15.8. The van der Waals surface area contributed by atoms with Crippen LogP contribution >= 0.6 is 0 Å². The number of benzene rings is 1. The lowest BCUT2D eigenvalue weighted by molar-refractivity contribution is -0.128. The normalized spacial score (nSPS) is 23.1. The largest absolute Gasteiger partial charge is 0.490 e. The fraction of sp³-hybridized carbons (Fsp3) is 0.650. The van der Waals surface area contributed by atoms with Gasteiger partial charge in [0.15, 0.2) is 11.5 Å². The van der Waals surface area contributed by atoms with Crippen molar-refractivity contribution in [2.24, 2.45) is 11.7 Å². The highest BCUT2D eigenvalue weighted by Crippen LogP contribution is 2.32. The highest BCUT2D eigenvalue weighted by atomic mass is 16.5. The number of ether oxygens (including phenoxy) is 2. The van der Waals surface area contributed by atoms with Crippen molar-refractivity contribution in [1.29, 1.82) is 0 Å². The Morgan fingerprint density at radius 2 is 1.96 bits per heavy atom. The average Bonchev–Trinajstić information content (AvgIpc) is 2.57. The monoisotopic (exact) mass is 348 g/mol. The van der Waals surface area contributed by atoms with Gasteiger partial charge in [0, 0.05) is 12.1 Å². The first-order chi connectivity index (χ1) is 12.0. The molecule has 1 saturated carbocycles. The van der Waals surface area contributed by atoms with Crippen LogP contribution in [0.1, 0.15) is 52.0 Å². The number of carbonyl (C=O) groups is 1. The van der Waals surface area contributed by atoms with Crippen LogP contribution in [-0.4, -0.2) is 31.2 Å². The predicted octanol–water partition coefficient (Wildman–Crippen LogP) is 3.05. The molecule has 1 aliphatic carbocycles. The van der Waals surface area contributed by atoms with Crippen LogP contribution < -0.4 is 20.5 Å². The van der Waals surface area contributed by atoms with Gasteiger partial charge in [0.25, 0.3) is 0 Å². The van der Waals surface area contributed by atoms with E-state index >= 15 is 0 Å². The van der Waals surface area contributed by atoms with Crippen LogP contribution in [0.15, 0.2) is 18.2 Å². The molecule has 0 aliphatic heterocycles. The van der Waals surface area contributed by atoms with Crippen LogP contribution in [0, 0.1) is 5.92 Å². The van der Waals surface area contributed by atoms with Gasteiger partial charge in [0.1, 0.15) is 0 Å². The second kappa shape index (κ2) is 9.09. The van der Waals surface area contributed by atoms with Crippen molar-refractivity contribution < 1.29 is 14.3 Å². The van der Waals surface area contributed by atoms with Crippen molar-refractivity contribution in [3.05, 3.63) is 23.8 Å². The maximum absolute atomic E-state index is 12.5. The molecule has 2 rings (SSSR count). The quantitative estimate of drug-likeness (QED) is 0.757. The maximum Gasteiger partial charge on any atom is 0.224 e. The van der Waals surface area contributed by atoms with Crippen molar-refractivity contribution in [2.75, 3.05) is 19.8 Å². The van der Waals surface area contributed by atoms with E-state index < -0.39 is 0 Å². The molecule has 1 aromatic rings. The van der Waals surface area contributed by atoms with E-state index in [0.717, 1.165) is 49.2 Å². The summed E-state index contributed by atoms with van der Waals surface area (Å²) in [4.78, 5) is 12.5. The van der Waals surface area contributed by atoms with Gasteiger partial charge in [-0.1, -0.05) is 18.9 Å². The van der Waals surface area contributed by atoms with E-state index in [1.165, 1.54) is 0 Å². The summed E-state index contributed by atoms with van der Waals surface area (Å²) in [6.07, 6.45) is 4.76. The Balaban J connectivity index is 1.90. The summed E-state index contributed by atoms with van der Waals surface area (Å²) in [6.45, 7) is 7.71. The maximum atomic E-state index is 12.5. The lowest BCUT2D eigenvalue weighted by Crippen LogP contribution is -2.53. The van der Waals surface area contributed by atoms with E-state index in [4.69, 9.17) is 15.2 Å². The van der Waals surface area contributed by atoms with Crippen molar-refractivity contribution in [2.45, 2.75) is 58.4 Å². The van der Waals surface area contributed by atoms with E-state index in [0.29, 0.717) is 19.8 Å². The molecule has 1 amide bonds. The van der Waals surface area contributed by atoms with E-state index in [9.17, 15) is 4.79 Å². The number of amides is 1. The first-order valence-corrected chi connectivity index (χ1v) is 9.43. The molecular formula is C20H32N2O3. The van der Waals surface area contributed by atoms with Crippen LogP contribution in [0.3, 0.4) is 0 Å². The third-order valence-electron chi connectivity index (χ3n) is 4.89. The number of nitrogens with one attached hydrogen (secondary N) is 1. The van der Waals surface area contributed by atoms with Crippen LogP contribution in [-0.2, 0) is 11.2 Å². The topological polar surface area (TPSA) is 73.6 Å². The number of rotatable bonds is 8. The van der Waals surface area contributed by atoms with E-state index in [1.807, 2.05) is 39.0 Å². The molecule has 140 valence electrons. The highest BCUT2D eigenvalue weighted by molar-refractivity contribution is 5.80. The van der Waals surface area contributed by atoms with Gasteiger partial charge in [0.05, 0.1) is 19.1 Å². The lowest BCUT2D eigenvalue weighted by atomic mass is 9.74. The lowest BCUT2D eigenvalue weighted by Gasteiger charge is -2.37. The minimum Gasteiger partial charge on any atom is -0.490 e. The summed E-state index contributed by atoms with van der Waals surface area (Å²) >= 11 is 0. The number of hydrogen-bond donors (Lipinski definition) is 2. The summed E-state index contributed by atoms with van der Waals surface area (Å²) in [6, 6.07) is 5.95. The van der Waals surface area contributed by atoms with E-state index in [1.54, 1.807) is 0 Å². The molecule has 25 heavy (non-hydrogen) atoms. The molecule has 1 aliphatic rings. The summed E-state index contributed by atoms with van der Waals surface area (Å²) in [5.74, 6) is 1.52. The van der Waals surface area contributed by atoms with Crippen LogP contribution in [0.2, 0.25) is 0 Å². The van der Waals surface area contributed by atoms with Gasteiger partial charge in [-0.2, -0.15) is 0 Å². The van der Waals surface area contributed by atoms with Crippen LogP contribution in [0.25, 0.3) is 0 Å². The van der Waals surface area contributed by atoms with Crippen molar-refractivity contribution >= 4 is 5.91 Å². The zero-order chi connectivity index (χ0) is 18.3. The van der Waals surface area contributed by atoms with Crippen molar-refractivity contribution in [1.82, 2.24) is 5.32 Å². The molecule has 2 unspecified atom stereocenters. The van der Waals surface area contributed by atoms with Gasteiger partial charge in [-0.05, 0) is 57.7 Å². The van der Waals surface area contributed by atoms with Crippen molar-refractivity contribution in [3.63, 3.8) is 0 Å². The van der Waals surface area contributed by atoms with Gasteiger partial charge in [-0.25, -0.2) is 0 Å². The average molecular weight is 348 g/mol. The van der Waals surface area contributed by atoms with Gasteiger partial charge in [-0.3, -0.25) is 4.79 Å². The minimum atomic E-state index is -0.385. The smallest absolute Gasteiger partial charge is 0.224 e. The summed E-state index contributed by atoms with van der Waals surface area (Å²) in [5, 5.41) is 3.06. The van der Waals surface area contributed by atoms with E-state index in [2.05, 4.69) is 5.32 Å². The number of hydrogen-bond acceptors (Lipinski definition) is 4. The molecule has 0 aromatic heterocycles. The molecule has 0 heterocycles. The fourth-order valence-electron chi connectivity index (χ4n) is 3.49. The Bertz CT molecular complexity index is 572. The molecule has 5 heteroatoms. The zero-order valence-corrected chi connectivity index (χ0v) is 15.8. The minimum absolute atomic E-state index is 0.0828. The number of nitrogens with two attached hydrogens (primary N) is 1. The van der Waals surface area contributed by atoms with Gasteiger partial charge in [0.2, 0.25) is 5.91 Å². The standard InChI is InChI=1S/C20H32N2O3/c1-4-24-17-10-9-15(14-18(17)25-5-2)11-13-22-19(23)16-8-6-7-12-20(16,3)21/h9-10,14,16H,4-8,11-13,21H2,1-3H3,(H,22,23). The van der Waals surface area contributed by atoms with E-state index in [-0.39, 0.29) is 17.4 Å². The van der Waals surface area contributed by atoms with Crippen molar-refractivity contribution in [3.8, 4) is 11.5 Å². The first-order valence-electron chi connectivity index (χ1n) is 9.43. The molecule has 0 saturated heterocycles. The molecular weight excluding hydrogens is 316 g/mol. The molecule has 1 aromatic carbocycles. The Morgan fingerprint density at radius 1 is 1.24 bits per heavy atom. The molecule has 2 atom stereocenters. The van der Waals surface area contributed by atoms with Gasteiger partial charge < -0.3 is 20.5 Å². The Labute approximate surface area is 151 Å². The summed E-state index contributed by atoms with van der Waals surface area (Å²) < 4.78 is 11.2. The third-order valence-corrected chi connectivity index (χ3v) is 4.89. The predicted molar refractivity (Wildman–Crippen MR) is 100 cm³/mol. The Morgan fingerprint density at radius 3 is 2.64 bits per heavy atom. The second-order valence-corrected chi connectivity index (χ2v) is 6.99. The van der Waals surface area contributed by atoms with Crippen LogP contribution in [0.4, 0.5) is 0 Å². The van der Waals surface area contributed by atoms with Gasteiger partial charge in [-0.15, -0.1) is 0 Å². The Kier molecular flexibility index (Phi) is 7.12. The molecule has 0 bridgehead atoms. The summed E-state index contributed by atoms with van der Waals surface area (Å²) in [5.41, 5.74) is 7.04. The third kappa shape index (κ3) is 5.36. The SMILES string of the molecule is CCOc1ccc(CCNC(=O)C2CCCCC2(C)N)cc1OCC. The first kappa shape index (κ1) is 19.6.